The molecule has 1 aromatic heterocycles. The standard InChI is InChI=1S/C14H14N2OS/c15-14(18)12-6-7-13(16-10-12)17-9-8-11-4-2-1-3-5-11/h1-7,10H,8-9H2,(H2,15,18). The number of nitrogens with two attached hydrogens (primary N) is 1. The van der Waals surface area contributed by atoms with Crippen molar-refractivity contribution in [1.82, 2.24) is 4.98 Å². The minimum Gasteiger partial charge on any atom is -0.477 e. The minimum atomic E-state index is 0.346. The fraction of sp³-hybridized carbons (Fsp3) is 0.143. The molecule has 4 heteroatoms. The highest BCUT2D eigenvalue weighted by Gasteiger charge is 1.99. The van der Waals surface area contributed by atoms with Crippen molar-refractivity contribution in [2.75, 3.05) is 6.61 Å². The van der Waals surface area contributed by atoms with Gasteiger partial charge in [0.2, 0.25) is 5.88 Å². The van der Waals surface area contributed by atoms with E-state index in [0.29, 0.717) is 17.5 Å². The van der Waals surface area contributed by atoms with E-state index >= 15 is 0 Å². The van der Waals surface area contributed by atoms with Gasteiger partial charge in [0.25, 0.3) is 0 Å². The van der Waals surface area contributed by atoms with Crippen LogP contribution in [0.1, 0.15) is 11.1 Å². The molecular formula is C14H14N2OS. The van der Waals surface area contributed by atoms with Crippen LogP contribution in [0.25, 0.3) is 0 Å². The molecule has 0 atom stereocenters. The van der Waals surface area contributed by atoms with Gasteiger partial charge in [-0.1, -0.05) is 42.5 Å². The molecule has 0 spiro atoms. The lowest BCUT2D eigenvalue weighted by atomic mass is 10.2. The summed E-state index contributed by atoms with van der Waals surface area (Å²) in [5.41, 5.74) is 7.49. The third kappa shape index (κ3) is 3.53. The highest BCUT2D eigenvalue weighted by molar-refractivity contribution is 7.80. The molecule has 0 aliphatic heterocycles. The van der Waals surface area contributed by atoms with Gasteiger partial charge in [-0.2, -0.15) is 0 Å². The fourth-order valence-corrected chi connectivity index (χ4v) is 1.65. The maximum Gasteiger partial charge on any atom is 0.213 e. The predicted molar refractivity (Wildman–Crippen MR) is 75.8 cm³/mol. The predicted octanol–water partition coefficient (Wildman–Crippen LogP) is 2.34. The van der Waals surface area contributed by atoms with Crippen LogP contribution in [0.15, 0.2) is 48.7 Å². The minimum absolute atomic E-state index is 0.346. The van der Waals surface area contributed by atoms with Crippen LogP contribution in [0, 0.1) is 0 Å². The van der Waals surface area contributed by atoms with Crippen LogP contribution < -0.4 is 10.5 Å². The lowest BCUT2D eigenvalue weighted by Gasteiger charge is -2.05. The van der Waals surface area contributed by atoms with Crippen LogP contribution in [0.5, 0.6) is 5.88 Å². The summed E-state index contributed by atoms with van der Waals surface area (Å²) in [4.78, 5) is 4.49. The smallest absolute Gasteiger partial charge is 0.213 e. The van der Waals surface area contributed by atoms with Gasteiger partial charge in [-0.15, -0.1) is 0 Å². The van der Waals surface area contributed by atoms with Crippen molar-refractivity contribution in [2.45, 2.75) is 6.42 Å². The Kier molecular flexibility index (Phi) is 4.25. The maximum atomic E-state index is 5.55. The van der Waals surface area contributed by atoms with Crippen LogP contribution in [0.4, 0.5) is 0 Å². The molecule has 0 amide bonds. The topological polar surface area (TPSA) is 48.1 Å². The monoisotopic (exact) mass is 258 g/mol. The summed E-state index contributed by atoms with van der Waals surface area (Å²) in [6, 6.07) is 13.8. The molecule has 1 aromatic carbocycles. The van der Waals surface area contributed by atoms with E-state index in [4.69, 9.17) is 22.7 Å². The normalized spacial score (nSPS) is 10.0. The van der Waals surface area contributed by atoms with Crippen molar-refractivity contribution in [3.05, 3.63) is 59.8 Å². The molecule has 0 fully saturated rings. The van der Waals surface area contributed by atoms with E-state index in [1.165, 1.54) is 5.56 Å². The van der Waals surface area contributed by atoms with Gasteiger partial charge in [-0.3, -0.25) is 0 Å². The molecular weight excluding hydrogens is 244 g/mol. The molecule has 0 saturated carbocycles. The van der Waals surface area contributed by atoms with E-state index in [0.717, 1.165) is 12.0 Å². The Bertz CT molecular complexity index is 511. The first-order valence-corrected chi connectivity index (χ1v) is 6.09. The van der Waals surface area contributed by atoms with E-state index in [1.54, 1.807) is 12.3 Å². The molecule has 2 aromatic rings. The van der Waals surface area contributed by atoms with Gasteiger partial charge in [0.05, 0.1) is 6.61 Å². The summed E-state index contributed by atoms with van der Waals surface area (Å²) in [6.07, 6.45) is 2.49. The average molecular weight is 258 g/mol. The molecule has 0 saturated heterocycles. The SMILES string of the molecule is NC(=S)c1ccc(OCCc2ccccc2)nc1. The van der Waals surface area contributed by atoms with Crippen molar-refractivity contribution < 1.29 is 4.74 Å². The summed E-state index contributed by atoms with van der Waals surface area (Å²) >= 11 is 4.85. The number of aromatic nitrogens is 1. The van der Waals surface area contributed by atoms with Crippen molar-refractivity contribution in [2.24, 2.45) is 5.73 Å². The second kappa shape index (κ2) is 6.12. The Morgan fingerprint density at radius 2 is 1.94 bits per heavy atom. The van der Waals surface area contributed by atoms with Gasteiger partial charge >= 0.3 is 0 Å². The number of benzene rings is 1. The van der Waals surface area contributed by atoms with Crippen molar-refractivity contribution in [3.8, 4) is 5.88 Å². The number of pyridine rings is 1. The summed E-state index contributed by atoms with van der Waals surface area (Å²) in [6.45, 7) is 0.601. The molecule has 0 unspecified atom stereocenters. The maximum absolute atomic E-state index is 5.55. The van der Waals surface area contributed by atoms with E-state index in [1.807, 2.05) is 24.3 Å². The number of hydrogen-bond acceptors (Lipinski definition) is 3. The van der Waals surface area contributed by atoms with Gasteiger partial charge < -0.3 is 10.5 Å². The second-order valence-corrected chi connectivity index (χ2v) is 4.27. The van der Waals surface area contributed by atoms with Gasteiger partial charge in [-0.05, 0) is 11.6 Å². The average Bonchev–Trinajstić information content (AvgIpc) is 2.40. The highest BCUT2D eigenvalue weighted by atomic mass is 32.1. The summed E-state index contributed by atoms with van der Waals surface area (Å²) in [5, 5.41) is 0. The number of nitrogens with zero attached hydrogens (tertiary/aromatic N) is 1. The third-order valence-corrected chi connectivity index (χ3v) is 2.74. The van der Waals surface area contributed by atoms with Crippen molar-refractivity contribution in [1.29, 1.82) is 0 Å². The molecule has 0 bridgehead atoms. The van der Waals surface area contributed by atoms with Crippen LogP contribution in [-0.2, 0) is 6.42 Å². The molecule has 0 aliphatic carbocycles. The number of ether oxygens (including phenoxy) is 1. The van der Waals surface area contributed by atoms with Crippen LogP contribution in [0.3, 0.4) is 0 Å². The molecule has 0 aliphatic rings. The molecule has 2 rings (SSSR count). The lowest BCUT2D eigenvalue weighted by Crippen LogP contribution is -2.10. The largest absolute Gasteiger partial charge is 0.477 e. The van der Waals surface area contributed by atoms with Crippen LogP contribution in [-0.4, -0.2) is 16.6 Å². The van der Waals surface area contributed by atoms with Gasteiger partial charge in [-0.25, -0.2) is 4.98 Å². The van der Waals surface area contributed by atoms with Gasteiger partial charge in [0, 0.05) is 24.2 Å². The Morgan fingerprint density at radius 3 is 2.56 bits per heavy atom. The van der Waals surface area contributed by atoms with E-state index in [9.17, 15) is 0 Å². The molecule has 2 N–H and O–H groups in total. The zero-order valence-electron chi connectivity index (χ0n) is 9.87. The third-order valence-electron chi connectivity index (χ3n) is 2.50. The number of thiocarbonyl (C=S) groups is 1. The van der Waals surface area contributed by atoms with E-state index in [-0.39, 0.29) is 0 Å². The first-order chi connectivity index (χ1) is 8.75. The second-order valence-electron chi connectivity index (χ2n) is 3.83. The summed E-state index contributed by atoms with van der Waals surface area (Å²) in [5.74, 6) is 0.589. The van der Waals surface area contributed by atoms with Gasteiger partial charge in [0.1, 0.15) is 4.99 Å². The lowest BCUT2D eigenvalue weighted by molar-refractivity contribution is 0.309. The zero-order valence-corrected chi connectivity index (χ0v) is 10.7. The van der Waals surface area contributed by atoms with E-state index < -0.39 is 0 Å². The first kappa shape index (κ1) is 12.5. The molecule has 1 heterocycles. The quantitative estimate of drug-likeness (QED) is 0.836. The Hall–Kier alpha value is -1.94. The van der Waals surface area contributed by atoms with Gasteiger partial charge in [0.15, 0.2) is 0 Å². The first-order valence-electron chi connectivity index (χ1n) is 5.68. The number of rotatable bonds is 5. The molecule has 3 nitrogen and oxygen atoms in total. The summed E-state index contributed by atoms with van der Waals surface area (Å²) in [7, 11) is 0. The summed E-state index contributed by atoms with van der Waals surface area (Å²) < 4.78 is 5.55. The van der Waals surface area contributed by atoms with Crippen molar-refractivity contribution >= 4 is 17.2 Å². The van der Waals surface area contributed by atoms with Crippen molar-refractivity contribution in [3.63, 3.8) is 0 Å². The van der Waals surface area contributed by atoms with Crippen LogP contribution in [0.2, 0.25) is 0 Å². The molecule has 92 valence electrons. The van der Waals surface area contributed by atoms with E-state index in [2.05, 4.69) is 17.1 Å². The van der Waals surface area contributed by atoms with Crippen LogP contribution >= 0.6 is 12.2 Å². The molecule has 0 radical (unpaired) electrons. The Balaban J connectivity index is 1.85. The Morgan fingerprint density at radius 1 is 1.17 bits per heavy atom. The zero-order chi connectivity index (χ0) is 12.8. The fourth-order valence-electron chi connectivity index (χ4n) is 1.53. The highest BCUT2D eigenvalue weighted by Crippen LogP contribution is 2.08. The number of hydrogen-bond donors (Lipinski definition) is 1. The molecule has 18 heavy (non-hydrogen) atoms. The Labute approximate surface area is 112 Å².